The van der Waals surface area contributed by atoms with Crippen molar-refractivity contribution in [1.82, 2.24) is 4.98 Å². The topological polar surface area (TPSA) is 74.7 Å². The summed E-state index contributed by atoms with van der Waals surface area (Å²) in [4.78, 5) is 27.8. The highest BCUT2D eigenvalue weighted by atomic mass is 16.5. The van der Waals surface area contributed by atoms with Gasteiger partial charge in [-0.2, -0.15) is 0 Å². The second-order valence-corrected chi connectivity index (χ2v) is 6.82. The highest BCUT2D eigenvalue weighted by Gasteiger charge is 2.07. The van der Waals surface area contributed by atoms with Gasteiger partial charge in [-0.25, -0.2) is 4.98 Å². The van der Waals surface area contributed by atoms with E-state index >= 15 is 0 Å². The van der Waals surface area contributed by atoms with Gasteiger partial charge in [-0.15, -0.1) is 0 Å². The van der Waals surface area contributed by atoms with Crippen LogP contribution in [0, 0.1) is 0 Å². The van der Waals surface area contributed by atoms with Gasteiger partial charge in [0.2, 0.25) is 5.88 Å². The summed E-state index contributed by atoms with van der Waals surface area (Å²) in [5.74, 6) is 0.857. The molecule has 0 aliphatic heterocycles. The number of carbonyl (C=O) groups excluding carboxylic acids is 2. The van der Waals surface area contributed by atoms with Gasteiger partial charge in [0.25, 0.3) is 0 Å². The van der Waals surface area contributed by atoms with Gasteiger partial charge in [0.1, 0.15) is 12.4 Å². The Morgan fingerprint density at radius 3 is 2.29 bits per heavy atom. The van der Waals surface area contributed by atoms with Crippen LogP contribution in [0.5, 0.6) is 11.6 Å². The molecule has 0 amide bonds. The van der Waals surface area contributed by atoms with E-state index in [1.165, 1.54) is 0 Å². The Hall–Kier alpha value is -3.67. The number of esters is 1. The Morgan fingerprint density at radius 1 is 0.871 bits per heavy atom. The number of nitrogens with zero attached hydrogens (tertiary/aromatic N) is 1. The lowest BCUT2D eigenvalue weighted by Gasteiger charge is -2.08. The van der Waals surface area contributed by atoms with Crippen LogP contribution >= 0.6 is 0 Å². The van der Waals surface area contributed by atoms with Gasteiger partial charge in [-0.3, -0.25) is 9.59 Å². The molecule has 0 aliphatic rings. The summed E-state index contributed by atoms with van der Waals surface area (Å²) >= 11 is 0. The Labute approximate surface area is 181 Å². The standard InChI is InChI=1S/C25H25NO5/c1-2-29-25(28)15-11-19-10-14-24(26-16-19)31-17-20-8-12-22(13-9-20)30-18-23(27)21-6-4-3-5-7-21/h3-10,12-14,16H,2,11,15,17-18H2,1H3. The lowest BCUT2D eigenvalue weighted by atomic mass is 10.1. The van der Waals surface area contributed by atoms with Crippen molar-refractivity contribution in [3.05, 3.63) is 89.6 Å². The summed E-state index contributed by atoms with van der Waals surface area (Å²) in [6.45, 7) is 2.53. The van der Waals surface area contributed by atoms with Crippen LogP contribution in [0.4, 0.5) is 0 Å². The van der Waals surface area contributed by atoms with Gasteiger partial charge in [-0.1, -0.05) is 48.5 Å². The Morgan fingerprint density at radius 2 is 1.61 bits per heavy atom. The molecule has 0 N–H and O–H groups in total. The monoisotopic (exact) mass is 419 g/mol. The number of rotatable bonds is 11. The highest BCUT2D eigenvalue weighted by molar-refractivity contribution is 5.97. The smallest absolute Gasteiger partial charge is 0.306 e. The molecular weight excluding hydrogens is 394 g/mol. The van der Waals surface area contributed by atoms with Crippen molar-refractivity contribution >= 4 is 11.8 Å². The molecule has 3 rings (SSSR count). The van der Waals surface area contributed by atoms with Gasteiger partial charge in [-0.05, 0) is 36.6 Å². The van der Waals surface area contributed by atoms with Crippen LogP contribution in [0.15, 0.2) is 72.9 Å². The van der Waals surface area contributed by atoms with Gasteiger partial charge in [0.15, 0.2) is 12.4 Å². The van der Waals surface area contributed by atoms with Crippen molar-refractivity contribution in [2.24, 2.45) is 0 Å². The molecule has 0 bridgehead atoms. The average Bonchev–Trinajstić information content (AvgIpc) is 2.82. The van der Waals surface area contributed by atoms with Crippen LogP contribution in [0.3, 0.4) is 0 Å². The Balaban J connectivity index is 1.42. The third-order valence-electron chi connectivity index (χ3n) is 4.50. The fraction of sp³-hybridized carbons (Fsp3) is 0.240. The van der Waals surface area contributed by atoms with Crippen molar-refractivity contribution in [2.45, 2.75) is 26.4 Å². The predicted molar refractivity (Wildman–Crippen MR) is 116 cm³/mol. The molecule has 6 nitrogen and oxygen atoms in total. The summed E-state index contributed by atoms with van der Waals surface area (Å²) in [5, 5.41) is 0. The quantitative estimate of drug-likeness (QED) is 0.338. The number of pyridine rings is 1. The summed E-state index contributed by atoms with van der Waals surface area (Å²) in [5.41, 5.74) is 2.54. The van der Waals surface area contributed by atoms with Crippen molar-refractivity contribution in [3.63, 3.8) is 0 Å². The van der Waals surface area contributed by atoms with E-state index in [0.717, 1.165) is 11.1 Å². The minimum Gasteiger partial charge on any atom is -0.485 e. The number of aromatic nitrogens is 1. The largest absolute Gasteiger partial charge is 0.485 e. The first-order valence-electron chi connectivity index (χ1n) is 10.2. The molecular formula is C25H25NO5. The molecule has 160 valence electrons. The highest BCUT2D eigenvalue weighted by Crippen LogP contribution is 2.16. The van der Waals surface area contributed by atoms with E-state index in [4.69, 9.17) is 14.2 Å². The van der Waals surface area contributed by atoms with Crippen LogP contribution < -0.4 is 9.47 Å². The molecule has 1 heterocycles. The van der Waals surface area contributed by atoms with Crippen LogP contribution in [-0.4, -0.2) is 30.0 Å². The van der Waals surface area contributed by atoms with E-state index in [2.05, 4.69) is 4.98 Å². The zero-order valence-corrected chi connectivity index (χ0v) is 17.5. The van der Waals surface area contributed by atoms with E-state index in [1.807, 2.05) is 48.5 Å². The second-order valence-electron chi connectivity index (χ2n) is 6.82. The van der Waals surface area contributed by atoms with Crippen molar-refractivity contribution in [3.8, 4) is 11.6 Å². The van der Waals surface area contributed by atoms with Crippen molar-refractivity contribution in [1.29, 1.82) is 0 Å². The predicted octanol–water partition coefficient (Wildman–Crippen LogP) is 4.42. The first-order chi connectivity index (χ1) is 15.1. The molecule has 1 aromatic heterocycles. The van der Waals surface area contributed by atoms with Crippen molar-refractivity contribution < 1.29 is 23.8 Å². The van der Waals surface area contributed by atoms with E-state index in [9.17, 15) is 9.59 Å². The number of carbonyl (C=O) groups is 2. The summed E-state index contributed by atoms with van der Waals surface area (Å²) in [7, 11) is 0. The van der Waals surface area contributed by atoms with Crippen LogP contribution in [0.2, 0.25) is 0 Å². The fourth-order valence-corrected chi connectivity index (χ4v) is 2.82. The lowest BCUT2D eigenvalue weighted by Crippen LogP contribution is -2.11. The van der Waals surface area contributed by atoms with Gasteiger partial charge in [0.05, 0.1) is 6.61 Å². The summed E-state index contributed by atoms with van der Waals surface area (Å²) in [6.07, 6.45) is 2.62. The van der Waals surface area contributed by atoms with E-state index in [1.54, 1.807) is 31.3 Å². The molecule has 0 aliphatic carbocycles. The van der Waals surface area contributed by atoms with E-state index < -0.39 is 0 Å². The number of ether oxygens (including phenoxy) is 3. The SMILES string of the molecule is CCOC(=O)CCc1ccc(OCc2ccc(OCC(=O)c3ccccc3)cc2)nc1. The number of hydrogen-bond acceptors (Lipinski definition) is 6. The molecule has 0 atom stereocenters. The maximum Gasteiger partial charge on any atom is 0.306 e. The molecule has 2 aromatic carbocycles. The second kappa shape index (κ2) is 11.5. The third-order valence-corrected chi connectivity index (χ3v) is 4.50. The Bertz CT molecular complexity index is 969. The van der Waals surface area contributed by atoms with E-state index in [-0.39, 0.29) is 18.4 Å². The zero-order valence-electron chi connectivity index (χ0n) is 17.5. The molecule has 0 radical (unpaired) electrons. The molecule has 31 heavy (non-hydrogen) atoms. The summed E-state index contributed by atoms with van der Waals surface area (Å²) < 4.78 is 16.2. The molecule has 0 saturated heterocycles. The summed E-state index contributed by atoms with van der Waals surface area (Å²) in [6, 6.07) is 20.1. The van der Waals surface area contributed by atoms with E-state index in [0.29, 0.717) is 43.2 Å². The zero-order chi connectivity index (χ0) is 21.9. The number of benzene rings is 2. The van der Waals surface area contributed by atoms with Gasteiger partial charge >= 0.3 is 5.97 Å². The number of aryl methyl sites for hydroxylation is 1. The minimum absolute atomic E-state index is 0.00764. The first kappa shape index (κ1) is 22.0. The Kier molecular flexibility index (Phi) is 8.17. The molecule has 3 aromatic rings. The molecule has 0 unspecified atom stereocenters. The molecule has 0 saturated carbocycles. The normalized spacial score (nSPS) is 10.4. The maximum absolute atomic E-state index is 12.1. The average molecular weight is 419 g/mol. The van der Waals surface area contributed by atoms with Crippen LogP contribution in [-0.2, 0) is 22.6 Å². The van der Waals surface area contributed by atoms with Crippen LogP contribution in [0.1, 0.15) is 34.8 Å². The van der Waals surface area contributed by atoms with Gasteiger partial charge < -0.3 is 14.2 Å². The minimum atomic E-state index is -0.209. The maximum atomic E-state index is 12.1. The number of Topliss-reactive ketones (excluding diaryl/α,β-unsaturated/α-hetero) is 1. The third kappa shape index (κ3) is 7.26. The van der Waals surface area contributed by atoms with Crippen LogP contribution in [0.25, 0.3) is 0 Å². The lowest BCUT2D eigenvalue weighted by molar-refractivity contribution is -0.143. The van der Waals surface area contributed by atoms with Crippen molar-refractivity contribution in [2.75, 3.05) is 13.2 Å². The first-order valence-corrected chi connectivity index (χ1v) is 10.2. The molecule has 6 heteroatoms. The fourth-order valence-electron chi connectivity index (χ4n) is 2.82. The molecule has 0 fully saturated rings. The molecule has 0 spiro atoms. The number of ketones is 1. The van der Waals surface area contributed by atoms with Gasteiger partial charge in [0, 0.05) is 24.2 Å². The number of hydrogen-bond donors (Lipinski definition) is 0.